The minimum absolute atomic E-state index is 0.694. The van der Waals surface area contributed by atoms with Gasteiger partial charge >= 0.3 is 0 Å². The Bertz CT molecular complexity index is 435. The molecule has 0 spiro atoms. The number of methoxy groups -OCH3 is 1. The van der Waals surface area contributed by atoms with Gasteiger partial charge < -0.3 is 10.1 Å². The van der Waals surface area contributed by atoms with Gasteiger partial charge in [-0.15, -0.1) is 0 Å². The van der Waals surface area contributed by atoms with Crippen molar-refractivity contribution in [3.8, 4) is 5.75 Å². The van der Waals surface area contributed by atoms with Crippen molar-refractivity contribution < 1.29 is 4.74 Å². The van der Waals surface area contributed by atoms with E-state index in [0.29, 0.717) is 6.42 Å². The molecule has 17 heavy (non-hydrogen) atoms. The van der Waals surface area contributed by atoms with E-state index in [1.165, 1.54) is 42.2 Å². The zero-order valence-electron chi connectivity index (χ0n) is 10.3. The Kier molecular flexibility index (Phi) is 3.97. The number of benzene rings is 1. The fourth-order valence-electron chi connectivity index (χ4n) is 2.43. The molecule has 1 aliphatic carbocycles. The zero-order chi connectivity index (χ0) is 12.1. The van der Waals surface area contributed by atoms with Crippen LogP contribution in [0, 0.1) is 5.41 Å². The zero-order valence-corrected chi connectivity index (χ0v) is 10.3. The number of rotatable bonds is 5. The van der Waals surface area contributed by atoms with Crippen LogP contribution in [-0.4, -0.2) is 13.3 Å². The molecule has 0 unspecified atom stereocenters. The first kappa shape index (κ1) is 11.9. The molecule has 1 N–H and O–H groups in total. The molecule has 2 nitrogen and oxygen atoms in total. The van der Waals surface area contributed by atoms with Crippen LogP contribution in [0.1, 0.15) is 30.4 Å². The topological polar surface area (TPSA) is 33.1 Å². The second-order valence-corrected chi connectivity index (χ2v) is 4.44. The predicted octanol–water partition coefficient (Wildman–Crippen LogP) is 3.54. The van der Waals surface area contributed by atoms with Gasteiger partial charge in [0.15, 0.2) is 0 Å². The molecule has 0 atom stereocenters. The van der Waals surface area contributed by atoms with Crippen molar-refractivity contribution in [3.05, 3.63) is 41.0 Å². The van der Waals surface area contributed by atoms with Crippen molar-refractivity contribution >= 4 is 6.21 Å². The minimum Gasteiger partial charge on any atom is -0.496 e. The number of hydrogen-bond acceptors (Lipinski definition) is 2. The van der Waals surface area contributed by atoms with E-state index in [9.17, 15) is 0 Å². The molecule has 0 heterocycles. The lowest BCUT2D eigenvalue weighted by Gasteiger charge is -2.13. The van der Waals surface area contributed by atoms with Crippen LogP contribution in [0.4, 0.5) is 0 Å². The van der Waals surface area contributed by atoms with Crippen LogP contribution in [0.5, 0.6) is 5.75 Å². The Labute approximate surface area is 103 Å². The summed E-state index contributed by atoms with van der Waals surface area (Å²) >= 11 is 0. The summed E-state index contributed by atoms with van der Waals surface area (Å²) in [7, 11) is 1.72. The summed E-state index contributed by atoms with van der Waals surface area (Å²) in [6.07, 6.45) is 9.19. The Hall–Kier alpha value is -1.57. The molecule has 0 saturated carbocycles. The largest absolute Gasteiger partial charge is 0.496 e. The van der Waals surface area contributed by atoms with E-state index in [1.807, 2.05) is 12.1 Å². The van der Waals surface area contributed by atoms with Crippen molar-refractivity contribution in [2.24, 2.45) is 0 Å². The lowest BCUT2D eigenvalue weighted by atomic mass is 9.97. The Morgan fingerprint density at radius 2 is 2.29 bits per heavy atom. The molecule has 0 fully saturated rings. The molecule has 0 amide bonds. The fraction of sp³-hybridized carbons (Fsp3) is 0.400. The highest BCUT2D eigenvalue weighted by molar-refractivity contribution is 5.60. The van der Waals surface area contributed by atoms with Crippen LogP contribution in [-0.2, 0) is 12.8 Å². The molecule has 1 aliphatic rings. The van der Waals surface area contributed by atoms with Gasteiger partial charge in [0, 0.05) is 12.0 Å². The molecule has 1 aromatic carbocycles. The standard InChI is InChI=1S/C15H19NO/c1-17-15-8-4-7-13(9-10-16)14(15)11-12-5-2-3-6-12/h4-5,7-8,10,16H,2-3,6,9,11H2,1H3. The smallest absolute Gasteiger partial charge is 0.122 e. The highest BCUT2D eigenvalue weighted by atomic mass is 16.5. The maximum Gasteiger partial charge on any atom is 0.122 e. The molecule has 0 aromatic heterocycles. The van der Waals surface area contributed by atoms with E-state index in [0.717, 1.165) is 12.2 Å². The minimum atomic E-state index is 0.694. The number of ether oxygens (including phenoxy) is 1. The summed E-state index contributed by atoms with van der Waals surface area (Å²) in [5.41, 5.74) is 3.99. The fourth-order valence-corrected chi connectivity index (χ4v) is 2.43. The predicted molar refractivity (Wildman–Crippen MR) is 71.1 cm³/mol. The van der Waals surface area contributed by atoms with Gasteiger partial charge in [-0.2, -0.15) is 0 Å². The average molecular weight is 229 g/mol. The first-order valence-electron chi connectivity index (χ1n) is 6.16. The molecule has 0 bridgehead atoms. The Balaban J connectivity index is 2.30. The van der Waals surface area contributed by atoms with E-state index in [2.05, 4.69) is 12.1 Å². The van der Waals surface area contributed by atoms with E-state index in [4.69, 9.17) is 10.1 Å². The summed E-state index contributed by atoms with van der Waals surface area (Å²) < 4.78 is 5.44. The molecule has 2 heteroatoms. The number of allylic oxidation sites excluding steroid dienone is 2. The van der Waals surface area contributed by atoms with Gasteiger partial charge in [0.1, 0.15) is 5.75 Å². The normalized spacial score (nSPS) is 14.5. The highest BCUT2D eigenvalue weighted by Gasteiger charge is 2.12. The molecule has 2 rings (SSSR count). The second kappa shape index (κ2) is 5.67. The van der Waals surface area contributed by atoms with Crippen molar-refractivity contribution in [1.29, 1.82) is 5.41 Å². The van der Waals surface area contributed by atoms with Crippen LogP contribution < -0.4 is 4.74 Å². The molecule has 1 aromatic rings. The summed E-state index contributed by atoms with van der Waals surface area (Å²) in [5, 5.41) is 7.27. The van der Waals surface area contributed by atoms with Crippen molar-refractivity contribution in [2.45, 2.75) is 32.1 Å². The third-order valence-electron chi connectivity index (χ3n) is 3.31. The van der Waals surface area contributed by atoms with Gasteiger partial charge in [-0.1, -0.05) is 23.8 Å². The molecule has 0 aliphatic heterocycles. The van der Waals surface area contributed by atoms with Crippen LogP contribution in [0.3, 0.4) is 0 Å². The van der Waals surface area contributed by atoms with Crippen LogP contribution >= 0.6 is 0 Å². The van der Waals surface area contributed by atoms with E-state index < -0.39 is 0 Å². The first-order chi connectivity index (χ1) is 8.35. The third kappa shape index (κ3) is 2.76. The third-order valence-corrected chi connectivity index (χ3v) is 3.31. The lowest BCUT2D eigenvalue weighted by Crippen LogP contribution is -2.00. The molecule has 0 saturated heterocycles. The van der Waals surface area contributed by atoms with Gasteiger partial charge in [0.2, 0.25) is 0 Å². The van der Waals surface area contributed by atoms with E-state index >= 15 is 0 Å². The van der Waals surface area contributed by atoms with Crippen LogP contribution in [0.2, 0.25) is 0 Å². The van der Waals surface area contributed by atoms with Gasteiger partial charge in [-0.05, 0) is 43.5 Å². The summed E-state index contributed by atoms with van der Waals surface area (Å²) in [4.78, 5) is 0. The maximum atomic E-state index is 7.27. The van der Waals surface area contributed by atoms with Gasteiger partial charge in [0.05, 0.1) is 7.11 Å². The number of hydrogen-bond donors (Lipinski definition) is 1. The van der Waals surface area contributed by atoms with Crippen molar-refractivity contribution in [2.75, 3.05) is 7.11 Å². The summed E-state index contributed by atoms with van der Waals surface area (Å²) in [6.45, 7) is 0. The SMILES string of the molecule is COc1cccc(CC=N)c1CC1=CCCC1. The maximum absolute atomic E-state index is 7.27. The van der Waals surface area contributed by atoms with Crippen LogP contribution in [0.15, 0.2) is 29.8 Å². The second-order valence-electron chi connectivity index (χ2n) is 4.44. The van der Waals surface area contributed by atoms with Gasteiger partial charge in [0.25, 0.3) is 0 Å². The van der Waals surface area contributed by atoms with Crippen molar-refractivity contribution in [1.82, 2.24) is 0 Å². The quantitative estimate of drug-likeness (QED) is 0.608. The Morgan fingerprint density at radius 1 is 1.41 bits per heavy atom. The van der Waals surface area contributed by atoms with Crippen molar-refractivity contribution in [3.63, 3.8) is 0 Å². The highest BCUT2D eigenvalue weighted by Crippen LogP contribution is 2.29. The van der Waals surface area contributed by atoms with Gasteiger partial charge in [-0.25, -0.2) is 0 Å². The molecular formula is C15H19NO. The lowest BCUT2D eigenvalue weighted by molar-refractivity contribution is 0.410. The van der Waals surface area contributed by atoms with Gasteiger partial charge in [-0.3, -0.25) is 0 Å². The molecular weight excluding hydrogens is 210 g/mol. The average Bonchev–Trinajstić information content (AvgIpc) is 2.84. The van der Waals surface area contributed by atoms with E-state index in [-0.39, 0.29) is 0 Å². The van der Waals surface area contributed by atoms with Crippen LogP contribution in [0.25, 0.3) is 0 Å². The summed E-state index contributed by atoms with van der Waals surface area (Å²) in [6, 6.07) is 6.11. The summed E-state index contributed by atoms with van der Waals surface area (Å²) in [5.74, 6) is 0.956. The molecule has 90 valence electrons. The molecule has 0 radical (unpaired) electrons. The monoisotopic (exact) mass is 229 g/mol. The number of nitrogens with one attached hydrogen (secondary N) is 1. The van der Waals surface area contributed by atoms with E-state index in [1.54, 1.807) is 7.11 Å². The first-order valence-corrected chi connectivity index (χ1v) is 6.16. The Morgan fingerprint density at radius 3 is 2.94 bits per heavy atom.